The summed E-state index contributed by atoms with van der Waals surface area (Å²) >= 11 is 0. The first kappa shape index (κ1) is 9.93. The van der Waals surface area contributed by atoms with Crippen molar-refractivity contribution in [3.8, 4) is 0 Å². The van der Waals surface area contributed by atoms with Gasteiger partial charge >= 0.3 is 0 Å². The summed E-state index contributed by atoms with van der Waals surface area (Å²) in [5.41, 5.74) is 2.30. The Balaban J connectivity index is 1.91. The van der Waals surface area contributed by atoms with Gasteiger partial charge in [-0.2, -0.15) is 0 Å². The highest BCUT2D eigenvalue weighted by atomic mass is 14.7. The molecule has 0 aromatic rings. The maximum Gasteiger partial charge on any atom is -0.0136 e. The standard InChI is InChI=1S/C15H24/c1-9(2)11-7-8-15(4)12-6-5-10(3)13(12)14(11)15/h9,11-14H,3,5-8H2,1-2,4H3/t11-,12-,13+,14+,15-/m0/s1. The lowest BCUT2D eigenvalue weighted by Crippen LogP contribution is -2.52. The highest BCUT2D eigenvalue weighted by Crippen LogP contribution is 2.73. The Labute approximate surface area is 94.1 Å². The van der Waals surface area contributed by atoms with Gasteiger partial charge in [0.05, 0.1) is 0 Å². The van der Waals surface area contributed by atoms with Gasteiger partial charge in [-0.1, -0.05) is 32.9 Å². The minimum Gasteiger partial charge on any atom is -0.0996 e. The van der Waals surface area contributed by atoms with E-state index in [1.54, 1.807) is 5.57 Å². The van der Waals surface area contributed by atoms with E-state index in [1.165, 1.54) is 25.7 Å². The molecule has 3 aliphatic rings. The van der Waals surface area contributed by atoms with Gasteiger partial charge in [-0.15, -0.1) is 0 Å². The van der Waals surface area contributed by atoms with Crippen LogP contribution >= 0.6 is 0 Å². The van der Waals surface area contributed by atoms with E-state index in [4.69, 9.17) is 0 Å². The number of fused-ring (bicyclic) bond motifs is 4. The zero-order chi connectivity index (χ0) is 10.8. The quantitative estimate of drug-likeness (QED) is 0.559. The zero-order valence-corrected chi connectivity index (χ0v) is 10.4. The fourth-order valence-corrected chi connectivity index (χ4v) is 5.27. The van der Waals surface area contributed by atoms with Crippen LogP contribution in [0.25, 0.3) is 0 Å². The van der Waals surface area contributed by atoms with Crippen LogP contribution in [0.15, 0.2) is 12.2 Å². The summed E-state index contributed by atoms with van der Waals surface area (Å²) in [5.74, 6) is 4.80. The molecule has 3 fully saturated rings. The molecule has 0 saturated heterocycles. The highest BCUT2D eigenvalue weighted by Gasteiger charge is 2.66. The lowest BCUT2D eigenvalue weighted by atomic mass is 9.47. The fraction of sp³-hybridized carbons (Fsp3) is 0.867. The summed E-state index contributed by atoms with van der Waals surface area (Å²) in [6, 6.07) is 0. The largest absolute Gasteiger partial charge is 0.0996 e. The maximum atomic E-state index is 4.32. The molecule has 0 aliphatic heterocycles. The Bertz CT molecular complexity index is 301. The van der Waals surface area contributed by atoms with Crippen molar-refractivity contribution in [1.82, 2.24) is 0 Å². The molecule has 0 aromatic carbocycles. The van der Waals surface area contributed by atoms with Gasteiger partial charge in [0, 0.05) is 0 Å². The van der Waals surface area contributed by atoms with E-state index in [1.807, 2.05) is 0 Å². The zero-order valence-electron chi connectivity index (χ0n) is 10.4. The summed E-state index contributed by atoms with van der Waals surface area (Å²) in [6.45, 7) is 11.7. The Morgan fingerprint density at radius 2 is 2.07 bits per heavy atom. The number of rotatable bonds is 1. The predicted octanol–water partition coefficient (Wildman–Crippen LogP) is 4.27. The van der Waals surface area contributed by atoms with Gasteiger partial charge in [0.25, 0.3) is 0 Å². The van der Waals surface area contributed by atoms with Gasteiger partial charge in [0.2, 0.25) is 0 Å². The third-order valence-electron chi connectivity index (χ3n) is 6.01. The molecule has 5 atom stereocenters. The summed E-state index contributed by atoms with van der Waals surface area (Å²) < 4.78 is 0. The second-order valence-electron chi connectivity index (χ2n) is 6.81. The summed E-state index contributed by atoms with van der Waals surface area (Å²) in [7, 11) is 0. The summed E-state index contributed by atoms with van der Waals surface area (Å²) in [5, 5.41) is 0. The monoisotopic (exact) mass is 204 g/mol. The van der Waals surface area contributed by atoms with Crippen LogP contribution in [0, 0.1) is 35.0 Å². The number of allylic oxidation sites excluding steroid dienone is 1. The Morgan fingerprint density at radius 1 is 1.33 bits per heavy atom. The average molecular weight is 204 g/mol. The molecule has 0 heterocycles. The summed E-state index contributed by atoms with van der Waals surface area (Å²) in [4.78, 5) is 0. The Kier molecular flexibility index (Phi) is 1.92. The first-order valence-electron chi connectivity index (χ1n) is 6.73. The van der Waals surface area contributed by atoms with Crippen molar-refractivity contribution in [3.63, 3.8) is 0 Å². The third kappa shape index (κ3) is 1.04. The third-order valence-corrected chi connectivity index (χ3v) is 6.01. The van der Waals surface area contributed by atoms with Gasteiger partial charge in [-0.3, -0.25) is 0 Å². The molecule has 3 rings (SSSR count). The van der Waals surface area contributed by atoms with Crippen molar-refractivity contribution in [2.75, 3.05) is 0 Å². The molecule has 3 aliphatic carbocycles. The molecule has 15 heavy (non-hydrogen) atoms. The van der Waals surface area contributed by atoms with Crippen LogP contribution in [-0.2, 0) is 0 Å². The average Bonchev–Trinajstić information content (AvgIpc) is 2.62. The maximum absolute atomic E-state index is 4.32. The molecule has 0 bridgehead atoms. The van der Waals surface area contributed by atoms with Crippen molar-refractivity contribution in [2.24, 2.45) is 35.0 Å². The predicted molar refractivity (Wildman–Crippen MR) is 64.5 cm³/mol. The molecule has 0 nitrogen and oxygen atoms in total. The number of hydrogen-bond acceptors (Lipinski definition) is 0. The van der Waals surface area contributed by atoms with E-state index in [0.717, 1.165) is 29.6 Å². The molecule has 0 amide bonds. The van der Waals surface area contributed by atoms with E-state index in [9.17, 15) is 0 Å². The minimum atomic E-state index is 0.707. The molecule has 3 saturated carbocycles. The van der Waals surface area contributed by atoms with Crippen LogP contribution in [0.1, 0.15) is 46.5 Å². The number of hydrogen-bond donors (Lipinski definition) is 0. The van der Waals surface area contributed by atoms with Crippen molar-refractivity contribution in [1.29, 1.82) is 0 Å². The van der Waals surface area contributed by atoms with Crippen LogP contribution in [0.5, 0.6) is 0 Å². The first-order valence-corrected chi connectivity index (χ1v) is 6.73. The van der Waals surface area contributed by atoms with Crippen molar-refractivity contribution < 1.29 is 0 Å². The smallest absolute Gasteiger partial charge is 0.0136 e. The summed E-state index contributed by atoms with van der Waals surface area (Å²) in [6.07, 6.45) is 5.75. The van der Waals surface area contributed by atoms with Crippen LogP contribution in [0.3, 0.4) is 0 Å². The molecular weight excluding hydrogens is 180 g/mol. The SMILES string of the molecule is C=C1CC[C@H]2[C@@H]1[C@H]1[C@H](C(C)C)CC[C@]12C. The van der Waals surface area contributed by atoms with Crippen molar-refractivity contribution in [3.05, 3.63) is 12.2 Å². The van der Waals surface area contributed by atoms with E-state index >= 15 is 0 Å². The van der Waals surface area contributed by atoms with Crippen LogP contribution in [0.2, 0.25) is 0 Å². The Morgan fingerprint density at radius 3 is 2.73 bits per heavy atom. The van der Waals surface area contributed by atoms with E-state index in [-0.39, 0.29) is 0 Å². The molecule has 0 aromatic heterocycles. The van der Waals surface area contributed by atoms with Crippen LogP contribution < -0.4 is 0 Å². The van der Waals surface area contributed by atoms with Gasteiger partial charge < -0.3 is 0 Å². The van der Waals surface area contributed by atoms with Crippen molar-refractivity contribution >= 4 is 0 Å². The highest BCUT2D eigenvalue weighted by molar-refractivity contribution is 5.25. The second-order valence-corrected chi connectivity index (χ2v) is 6.81. The normalized spacial score (nSPS) is 52.9. The molecule has 0 spiro atoms. The topological polar surface area (TPSA) is 0 Å². The molecule has 0 heteroatoms. The van der Waals surface area contributed by atoms with Crippen LogP contribution in [-0.4, -0.2) is 0 Å². The van der Waals surface area contributed by atoms with Gasteiger partial charge in [-0.25, -0.2) is 0 Å². The lowest BCUT2D eigenvalue weighted by Gasteiger charge is -2.57. The van der Waals surface area contributed by atoms with E-state index in [0.29, 0.717) is 5.41 Å². The molecular formula is C15H24. The fourth-order valence-electron chi connectivity index (χ4n) is 5.27. The van der Waals surface area contributed by atoms with Gasteiger partial charge in [-0.05, 0) is 60.7 Å². The molecule has 0 unspecified atom stereocenters. The van der Waals surface area contributed by atoms with E-state index in [2.05, 4.69) is 27.4 Å². The van der Waals surface area contributed by atoms with Gasteiger partial charge in [0.1, 0.15) is 0 Å². The Hall–Kier alpha value is -0.260. The van der Waals surface area contributed by atoms with E-state index < -0.39 is 0 Å². The minimum absolute atomic E-state index is 0.707. The van der Waals surface area contributed by atoms with Crippen LogP contribution in [0.4, 0.5) is 0 Å². The van der Waals surface area contributed by atoms with Crippen molar-refractivity contribution in [2.45, 2.75) is 46.5 Å². The molecule has 0 N–H and O–H groups in total. The second kappa shape index (κ2) is 2.90. The molecule has 84 valence electrons. The molecule has 0 radical (unpaired) electrons. The lowest BCUT2D eigenvalue weighted by molar-refractivity contribution is -0.0770. The first-order chi connectivity index (χ1) is 7.05. The van der Waals surface area contributed by atoms with Gasteiger partial charge in [0.15, 0.2) is 0 Å².